The molecule has 2 heterocycles. The molecule has 0 fully saturated rings. The summed E-state index contributed by atoms with van der Waals surface area (Å²) in [5.41, 5.74) is 1.45. The highest BCUT2D eigenvalue weighted by Gasteiger charge is 2.25. The van der Waals surface area contributed by atoms with Gasteiger partial charge in [-0.05, 0) is 12.1 Å². The molecule has 4 nitrogen and oxygen atoms in total. The molecule has 1 aromatic carbocycles. The number of H-pyrrole nitrogens is 1. The number of hydrogen-bond donors (Lipinski definition) is 1. The lowest BCUT2D eigenvalue weighted by molar-refractivity contribution is 0.0932. The van der Waals surface area contributed by atoms with Crippen LogP contribution < -0.4 is 9.47 Å². The number of methoxy groups -OCH3 is 1. The molecular weight excluding hydrogens is 206 g/mol. The number of hydrogen-bond acceptors (Lipinski definition) is 3. The van der Waals surface area contributed by atoms with Gasteiger partial charge in [-0.2, -0.15) is 0 Å². The predicted octanol–water partition coefficient (Wildman–Crippen LogP) is 2.14. The van der Waals surface area contributed by atoms with Crippen molar-refractivity contribution in [3.63, 3.8) is 0 Å². The Hall–Kier alpha value is -1.97. The molecule has 0 atom stereocenters. The Bertz CT molecular complexity index is 571. The van der Waals surface area contributed by atoms with Crippen LogP contribution in [0.15, 0.2) is 18.3 Å². The van der Waals surface area contributed by atoms with E-state index in [1.807, 2.05) is 18.3 Å². The van der Waals surface area contributed by atoms with Crippen molar-refractivity contribution in [3.8, 4) is 11.5 Å². The van der Waals surface area contributed by atoms with Gasteiger partial charge in [-0.3, -0.25) is 4.79 Å². The van der Waals surface area contributed by atoms with Crippen molar-refractivity contribution in [2.24, 2.45) is 0 Å². The van der Waals surface area contributed by atoms with Crippen molar-refractivity contribution in [1.29, 1.82) is 0 Å². The third kappa shape index (κ3) is 1.13. The number of carbonyl (C=O) groups excluding carboxylic acids is 1. The van der Waals surface area contributed by atoms with E-state index in [-0.39, 0.29) is 5.78 Å². The van der Waals surface area contributed by atoms with Crippen LogP contribution in [0.3, 0.4) is 0 Å². The number of aromatic amines is 1. The Morgan fingerprint density at radius 3 is 3.19 bits per heavy atom. The first-order valence-corrected chi connectivity index (χ1v) is 5.15. The summed E-state index contributed by atoms with van der Waals surface area (Å²) in [7, 11) is 1.58. The van der Waals surface area contributed by atoms with Gasteiger partial charge in [-0.25, -0.2) is 0 Å². The minimum absolute atomic E-state index is 0.104. The zero-order valence-corrected chi connectivity index (χ0v) is 8.87. The molecule has 0 aliphatic carbocycles. The number of ether oxygens (including phenoxy) is 2. The molecule has 82 valence electrons. The van der Waals surface area contributed by atoms with Crippen LogP contribution in [0.2, 0.25) is 0 Å². The second-order valence-corrected chi connectivity index (χ2v) is 3.75. The maximum absolute atomic E-state index is 11.9. The molecule has 0 spiro atoms. The molecular formula is C12H11NO3. The van der Waals surface area contributed by atoms with Gasteiger partial charge >= 0.3 is 0 Å². The van der Waals surface area contributed by atoms with Crippen LogP contribution in [-0.2, 0) is 0 Å². The van der Waals surface area contributed by atoms with Gasteiger partial charge in [0.25, 0.3) is 0 Å². The van der Waals surface area contributed by atoms with Gasteiger partial charge < -0.3 is 14.5 Å². The fraction of sp³-hybridized carbons (Fsp3) is 0.250. The van der Waals surface area contributed by atoms with Crippen LogP contribution in [0.5, 0.6) is 11.5 Å². The van der Waals surface area contributed by atoms with E-state index in [1.54, 1.807) is 7.11 Å². The number of rotatable bonds is 1. The topological polar surface area (TPSA) is 51.3 Å². The van der Waals surface area contributed by atoms with Gasteiger partial charge in [-0.1, -0.05) is 0 Å². The zero-order chi connectivity index (χ0) is 11.1. The fourth-order valence-corrected chi connectivity index (χ4v) is 2.09. The molecule has 1 aliphatic heterocycles. The zero-order valence-electron chi connectivity index (χ0n) is 8.87. The van der Waals surface area contributed by atoms with Crippen molar-refractivity contribution in [1.82, 2.24) is 4.98 Å². The quantitative estimate of drug-likeness (QED) is 0.796. The Labute approximate surface area is 92.2 Å². The Morgan fingerprint density at radius 2 is 2.38 bits per heavy atom. The second-order valence-electron chi connectivity index (χ2n) is 3.75. The van der Waals surface area contributed by atoms with Crippen LogP contribution >= 0.6 is 0 Å². The van der Waals surface area contributed by atoms with Gasteiger partial charge in [-0.15, -0.1) is 0 Å². The van der Waals surface area contributed by atoms with E-state index >= 15 is 0 Å². The summed E-state index contributed by atoms with van der Waals surface area (Å²) in [5, 5.41) is 0.967. The standard InChI is InChI=1S/C12H11NO3/c1-15-9-6-7-2-4-13-11(7)10-8(14)3-5-16-12(9)10/h2,4,6,13H,3,5H2,1H3. The number of ketones is 1. The van der Waals surface area contributed by atoms with Gasteiger partial charge in [0.05, 0.1) is 24.8 Å². The van der Waals surface area contributed by atoms with Crippen molar-refractivity contribution < 1.29 is 14.3 Å². The van der Waals surface area contributed by atoms with Crippen LogP contribution in [0.25, 0.3) is 10.9 Å². The SMILES string of the molecule is COc1cc2cc[nH]c2c2c1OCCC2=O. The van der Waals surface area contributed by atoms with E-state index in [2.05, 4.69) is 4.98 Å². The van der Waals surface area contributed by atoms with E-state index in [9.17, 15) is 4.79 Å². The normalized spacial score (nSPS) is 14.7. The maximum atomic E-state index is 11.9. The number of aromatic nitrogens is 1. The molecule has 1 N–H and O–H groups in total. The lowest BCUT2D eigenvalue weighted by atomic mass is 10.0. The second kappa shape index (κ2) is 3.27. The van der Waals surface area contributed by atoms with Crippen molar-refractivity contribution >= 4 is 16.7 Å². The predicted molar refractivity (Wildman–Crippen MR) is 59.3 cm³/mol. The minimum Gasteiger partial charge on any atom is -0.493 e. The Morgan fingerprint density at radius 1 is 1.50 bits per heavy atom. The van der Waals surface area contributed by atoms with Crippen molar-refractivity contribution in [3.05, 3.63) is 23.9 Å². The third-order valence-corrected chi connectivity index (χ3v) is 2.84. The van der Waals surface area contributed by atoms with Gasteiger partial charge in [0.15, 0.2) is 17.3 Å². The summed E-state index contributed by atoms with van der Waals surface area (Å²) in [6.45, 7) is 0.425. The maximum Gasteiger partial charge on any atom is 0.174 e. The molecule has 3 rings (SSSR count). The summed E-state index contributed by atoms with van der Waals surface area (Å²) in [6, 6.07) is 3.79. The number of benzene rings is 1. The van der Waals surface area contributed by atoms with Crippen LogP contribution in [-0.4, -0.2) is 24.5 Å². The highest BCUT2D eigenvalue weighted by Crippen LogP contribution is 2.39. The van der Waals surface area contributed by atoms with Gasteiger partial charge in [0.1, 0.15) is 0 Å². The van der Waals surface area contributed by atoms with E-state index in [1.165, 1.54) is 0 Å². The van der Waals surface area contributed by atoms with Crippen LogP contribution in [0.1, 0.15) is 16.8 Å². The third-order valence-electron chi connectivity index (χ3n) is 2.84. The highest BCUT2D eigenvalue weighted by molar-refractivity contribution is 6.11. The molecule has 1 aromatic heterocycles. The summed E-state index contributed by atoms with van der Waals surface area (Å²) >= 11 is 0. The summed E-state index contributed by atoms with van der Waals surface area (Å²) in [5.74, 6) is 1.29. The summed E-state index contributed by atoms with van der Waals surface area (Å²) < 4.78 is 10.8. The van der Waals surface area contributed by atoms with Crippen molar-refractivity contribution in [2.75, 3.05) is 13.7 Å². The number of Topliss-reactive ketones (excluding diaryl/α,β-unsaturated/α-hetero) is 1. The van der Waals surface area contributed by atoms with Crippen LogP contribution in [0.4, 0.5) is 0 Å². The molecule has 2 aromatic rings. The van der Waals surface area contributed by atoms with Gasteiger partial charge in [0, 0.05) is 18.0 Å². The van der Waals surface area contributed by atoms with Crippen molar-refractivity contribution in [2.45, 2.75) is 6.42 Å². The largest absolute Gasteiger partial charge is 0.493 e. The first-order chi connectivity index (χ1) is 7.81. The molecule has 0 amide bonds. The van der Waals surface area contributed by atoms with E-state index in [0.717, 1.165) is 10.9 Å². The van der Waals surface area contributed by atoms with E-state index in [0.29, 0.717) is 30.1 Å². The fourth-order valence-electron chi connectivity index (χ4n) is 2.09. The first-order valence-electron chi connectivity index (χ1n) is 5.15. The molecule has 4 heteroatoms. The molecule has 0 bridgehead atoms. The number of nitrogens with one attached hydrogen (secondary N) is 1. The smallest absolute Gasteiger partial charge is 0.174 e. The Kier molecular flexibility index (Phi) is 1.89. The molecule has 0 saturated heterocycles. The minimum atomic E-state index is 0.104. The molecule has 0 radical (unpaired) electrons. The molecule has 0 unspecified atom stereocenters. The van der Waals surface area contributed by atoms with E-state index in [4.69, 9.17) is 9.47 Å². The number of carbonyl (C=O) groups is 1. The molecule has 0 saturated carbocycles. The summed E-state index contributed by atoms with van der Waals surface area (Å²) in [4.78, 5) is 15.0. The average Bonchev–Trinajstić information content (AvgIpc) is 2.75. The first kappa shape index (κ1) is 9.27. The monoisotopic (exact) mass is 217 g/mol. The number of fused-ring (bicyclic) bond motifs is 3. The van der Waals surface area contributed by atoms with E-state index < -0.39 is 0 Å². The lowest BCUT2D eigenvalue weighted by Gasteiger charge is -2.19. The highest BCUT2D eigenvalue weighted by atomic mass is 16.5. The Balaban J connectivity index is 2.41. The summed E-state index contributed by atoms with van der Waals surface area (Å²) in [6.07, 6.45) is 2.24. The van der Waals surface area contributed by atoms with Gasteiger partial charge in [0.2, 0.25) is 0 Å². The average molecular weight is 217 g/mol. The molecule has 16 heavy (non-hydrogen) atoms. The van der Waals surface area contributed by atoms with Crippen LogP contribution in [0, 0.1) is 0 Å². The lowest BCUT2D eigenvalue weighted by Crippen LogP contribution is -2.16. The molecule has 1 aliphatic rings.